The fourth-order valence-electron chi connectivity index (χ4n) is 3.69. The van der Waals surface area contributed by atoms with E-state index in [-0.39, 0.29) is 5.91 Å². The molecule has 0 N–H and O–H groups in total. The van der Waals surface area contributed by atoms with E-state index in [2.05, 4.69) is 52.4 Å². The molecule has 2 heterocycles. The number of piperazine rings is 1. The van der Waals surface area contributed by atoms with E-state index in [9.17, 15) is 4.79 Å². The van der Waals surface area contributed by atoms with Crippen LogP contribution in [0.2, 0.25) is 5.02 Å². The van der Waals surface area contributed by atoms with Crippen LogP contribution >= 0.6 is 11.6 Å². The van der Waals surface area contributed by atoms with Crippen molar-refractivity contribution in [3.8, 4) is 11.1 Å². The van der Waals surface area contributed by atoms with Crippen LogP contribution in [0.15, 0.2) is 67.0 Å². The van der Waals surface area contributed by atoms with Crippen molar-refractivity contribution in [2.45, 2.75) is 6.92 Å². The number of carbonyl (C=O) groups excluding carboxylic acids is 1. The molecule has 1 aliphatic rings. The highest BCUT2D eigenvalue weighted by molar-refractivity contribution is 6.31. The summed E-state index contributed by atoms with van der Waals surface area (Å²) in [5, 5.41) is 0.712. The highest BCUT2D eigenvalue weighted by Gasteiger charge is 2.18. The van der Waals surface area contributed by atoms with Crippen LogP contribution in [0.3, 0.4) is 0 Å². The average molecular weight is 418 g/mol. The molecule has 1 saturated heterocycles. The van der Waals surface area contributed by atoms with Crippen molar-refractivity contribution in [2.24, 2.45) is 0 Å². The molecular formula is C25H24ClN3O. The Morgan fingerprint density at radius 1 is 0.867 bits per heavy atom. The van der Waals surface area contributed by atoms with E-state index in [0.717, 1.165) is 48.4 Å². The molecule has 0 bridgehead atoms. The summed E-state index contributed by atoms with van der Waals surface area (Å²) in [5.74, 6) is 0.156. The standard InChI is InChI=1S/C25H24ClN3O/c1-19(30)28-12-14-29(15-13-28)25-6-4-20(5-7-25)2-3-21-16-23(18-24(26)17-21)22-8-10-27-11-9-22/h2-11,16-18H,12-15H2,1H3/b3-2+. The van der Waals surface area contributed by atoms with E-state index >= 15 is 0 Å². The molecule has 5 heteroatoms. The first-order chi connectivity index (χ1) is 14.6. The van der Waals surface area contributed by atoms with Crippen LogP contribution in [0.5, 0.6) is 0 Å². The number of hydrogen-bond donors (Lipinski definition) is 0. The molecule has 152 valence electrons. The zero-order valence-corrected chi connectivity index (χ0v) is 17.7. The van der Waals surface area contributed by atoms with Gasteiger partial charge in [0, 0.05) is 56.2 Å². The van der Waals surface area contributed by atoms with Crippen molar-refractivity contribution in [1.82, 2.24) is 9.88 Å². The van der Waals surface area contributed by atoms with Gasteiger partial charge in [-0.1, -0.05) is 35.9 Å². The van der Waals surface area contributed by atoms with Crippen LogP contribution < -0.4 is 4.90 Å². The molecule has 1 fully saturated rings. The van der Waals surface area contributed by atoms with Gasteiger partial charge in [0.05, 0.1) is 0 Å². The molecule has 2 aromatic carbocycles. The van der Waals surface area contributed by atoms with Crippen LogP contribution in [0.25, 0.3) is 23.3 Å². The van der Waals surface area contributed by atoms with Crippen LogP contribution in [-0.2, 0) is 4.79 Å². The first-order valence-corrected chi connectivity index (χ1v) is 10.5. The van der Waals surface area contributed by atoms with Gasteiger partial charge in [0.2, 0.25) is 5.91 Å². The fourth-order valence-corrected chi connectivity index (χ4v) is 3.93. The monoisotopic (exact) mass is 417 g/mol. The number of amides is 1. The minimum atomic E-state index is 0.156. The van der Waals surface area contributed by atoms with E-state index in [1.54, 1.807) is 19.3 Å². The van der Waals surface area contributed by atoms with E-state index in [1.165, 1.54) is 5.69 Å². The minimum absolute atomic E-state index is 0.156. The third-order valence-corrected chi connectivity index (χ3v) is 5.60. The summed E-state index contributed by atoms with van der Waals surface area (Å²) in [6, 6.07) is 18.5. The summed E-state index contributed by atoms with van der Waals surface area (Å²) in [6.45, 7) is 4.94. The number of halogens is 1. The Kier molecular flexibility index (Phi) is 6.15. The van der Waals surface area contributed by atoms with Crippen molar-refractivity contribution in [3.05, 3.63) is 83.1 Å². The van der Waals surface area contributed by atoms with Gasteiger partial charge in [0.1, 0.15) is 0 Å². The van der Waals surface area contributed by atoms with Crippen molar-refractivity contribution < 1.29 is 4.79 Å². The molecule has 1 aromatic heterocycles. The molecule has 0 radical (unpaired) electrons. The molecule has 0 atom stereocenters. The summed E-state index contributed by atoms with van der Waals surface area (Å²) in [4.78, 5) is 19.8. The first kappa shape index (κ1) is 20.2. The zero-order chi connectivity index (χ0) is 20.9. The van der Waals surface area contributed by atoms with Gasteiger partial charge in [-0.05, 0) is 64.7 Å². The molecule has 0 unspecified atom stereocenters. The van der Waals surface area contributed by atoms with Crippen LogP contribution in [-0.4, -0.2) is 42.0 Å². The van der Waals surface area contributed by atoms with Crippen LogP contribution in [0.1, 0.15) is 18.1 Å². The molecule has 30 heavy (non-hydrogen) atoms. The average Bonchev–Trinajstić information content (AvgIpc) is 2.78. The highest BCUT2D eigenvalue weighted by atomic mass is 35.5. The largest absolute Gasteiger partial charge is 0.368 e. The van der Waals surface area contributed by atoms with Gasteiger partial charge in [-0.25, -0.2) is 0 Å². The number of pyridine rings is 1. The third kappa shape index (κ3) is 4.89. The minimum Gasteiger partial charge on any atom is -0.368 e. The predicted molar refractivity (Wildman–Crippen MR) is 125 cm³/mol. The Morgan fingerprint density at radius 2 is 1.53 bits per heavy atom. The number of hydrogen-bond acceptors (Lipinski definition) is 3. The maximum atomic E-state index is 11.5. The molecule has 1 aliphatic heterocycles. The van der Waals surface area contributed by atoms with Crippen molar-refractivity contribution >= 4 is 35.3 Å². The van der Waals surface area contributed by atoms with Gasteiger partial charge in [-0.15, -0.1) is 0 Å². The lowest BCUT2D eigenvalue weighted by Crippen LogP contribution is -2.48. The van der Waals surface area contributed by atoms with Gasteiger partial charge in [-0.2, -0.15) is 0 Å². The zero-order valence-electron chi connectivity index (χ0n) is 17.0. The molecule has 3 aromatic rings. The lowest BCUT2D eigenvalue weighted by Gasteiger charge is -2.35. The van der Waals surface area contributed by atoms with Crippen molar-refractivity contribution in [1.29, 1.82) is 0 Å². The molecule has 0 spiro atoms. The SMILES string of the molecule is CC(=O)N1CCN(c2ccc(/C=C/c3cc(Cl)cc(-c4ccncc4)c3)cc2)CC1. The number of carbonyl (C=O) groups is 1. The van der Waals surface area contributed by atoms with E-state index in [1.807, 2.05) is 29.2 Å². The van der Waals surface area contributed by atoms with E-state index in [0.29, 0.717) is 5.02 Å². The highest BCUT2D eigenvalue weighted by Crippen LogP contribution is 2.26. The normalized spacial score (nSPS) is 14.3. The maximum Gasteiger partial charge on any atom is 0.219 e. The maximum absolute atomic E-state index is 11.5. The topological polar surface area (TPSA) is 36.4 Å². The summed E-state index contributed by atoms with van der Waals surface area (Å²) in [7, 11) is 0. The van der Waals surface area contributed by atoms with Gasteiger partial charge in [0.25, 0.3) is 0 Å². The predicted octanol–water partition coefficient (Wildman–Crippen LogP) is 5.24. The number of benzene rings is 2. The summed E-state index contributed by atoms with van der Waals surface area (Å²) in [6.07, 6.45) is 7.75. The Morgan fingerprint density at radius 3 is 2.20 bits per heavy atom. The number of nitrogens with zero attached hydrogens (tertiary/aromatic N) is 3. The first-order valence-electron chi connectivity index (χ1n) is 10.1. The van der Waals surface area contributed by atoms with Gasteiger partial charge >= 0.3 is 0 Å². The Labute approximate surface area is 182 Å². The second-order valence-electron chi connectivity index (χ2n) is 7.43. The molecule has 0 saturated carbocycles. The van der Waals surface area contributed by atoms with Crippen molar-refractivity contribution in [2.75, 3.05) is 31.1 Å². The van der Waals surface area contributed by atoms with Crippen molar-refractivity contribution in [3.63, 3.8) is 0 Å². The molecular weight excluding hydrogens is 394 g/mol. The molecule has 4 nitrogen and oxygen atoms in total. The van der Waals surface area contributed by atoms with E-state index in [4.69, 9.17) is 11.6 Å². The summed E-state index contributed by atoms with van der Waals surface area (Å²) < 4.78 is 0. The smallest absolute Gasteiger partial charge is 0.219 e. The lowest BCUT2D eigenvalue weighted by molar-refractivity contribution is -0.129. The fraction of sp³-hybridized carbons (Fsp3) is 0.200. The lowest BCUT2D eigenvalue weighted by atomic mass is 10.0. The number of rotatable bonds is 4. The van der Waals surface area contributed by atoms with E-state index < -0.39 is 0 Å². The summed E-state index contributed by atoms with van der Waals surface area (Å²) in [5.41, 5.74) is 5.55. The second-order valence-corrected chi connectivity index (χ2v) is 7.86. The third-order valence-electron chi connectivity index (χ3n) is 5.39. The van der Waals surface area contributed by atoms with Gasteiger partial charge in [0.15, 0.2) is 0 Å². The Bertz CT molecular complexity index is 1040. The second kappa shape index (κ2) is 9.14. The Hall–Kier alpha value is -3.11. The van der Waals surface area contributed by atoms with Crippen LogP contribution in [0.4, 0.5) is 5.69 Å². The number of anilines is 1. The molecule has 0 aliphatic carbocycles. The molecule has 1 amide bonds. The number of aromatic nitrogens is 1. The quantitative estimate of drug-likeness (QED) is 0.544. The molecule has 4 rings (SSSR count). The van der Waals surface area contributed by atoms with Crippen LogP contribution in [0, 0.1) is 0 Å². The summed E-state index contributed by atoms with van der Waals surface area (Å²) >= 11 is 6.34. The van der Waals surface area contributed by atoms with Gasteiger partial charge < -0.3 is 9.80 Å². The Balaban J connectivity index is 1.45. The van der Waals surface area contributed by atoms with Gasteiger partial charge in [-0.3, -0.25) is 9.78 Å².